The molecule has 1 aromatic carbocycles. The fraction of sp³-hybridized carbons (Fsp3) is 0.375. The number of hydrogen-bond donors (Lipinski definition) is 2. The van der Waals surface area contributed by atoms with E-state index in [1.165, 1.54) is 11.3 Å². The van der Waals surface area contributed by atoms with Crippen LogP contribution in [0.2, 0.25) is 10.0 Å². The van der Waals surface area contributed by atoms with Gasteiger partial charge < -0.3 is 10.6 Å². The summed E-state index contributed by atoms with van der Waals surface area (Å²) in [6.45, 7) is 1.92. The highest BCUT2D eigenvalue weighted by atomic mass is 35.5. The molecule has 7 heteroatoms. The summed E-state index contributed by atoms with van der Waals surface area (Å²) in [6.07, 6.45) is 2.26. The monoisotopic (exact) mass is 369 g/mol. The molecule has 0 bridgehead atoms. The minimum absolute atomic E-state index is 0.0240. The number of hydrogen-bond acceptors (Lipinski definition) is 4. The minimum Gasteiger partial charge on any atom is -0.353 e. The van der Waals surface area contributed by atoms with Crippen molar-refractivity contribution in [2.45, 2.75) is 25.3 Å². The first-order valence-electron chi connectivity index (χ1n) is 7.52. The zero-order valence-electron chi connectivity index (χ0n) is 12.4. The van der Waals surface area contributed by atoms with Crippen LogP contribution in [-0.4, -0.2) is 30.0 Å². The lowest BCUT2D eigenvalue weighted by Crippen LogP contribution is -2.43. The van der Waals surface area contributed by atoms with E-state index in [2.05, 4.69) is 15.6 Å². The first kappa shape index (κ1) is 16.7. The van der Waals surface area contributed by atoms with Crippen molar-refractivity contribution in [2.75, 3.05) is 13.1 Å². The predicted octanol–water partition coefficient (Wildman–Crippen LogP) is 3.53. The fourth-order valence-corrected chi connectivity index (χ4v) is 4.00. The van der Waals surface area contributed by atoms with Gasteiger partial charge in [-0.15, -0.1) is 11.3 Å². The molecule has 2 N–H and O–H groups in total. The average molecular weight is 370 g/mol. The van der Waals surface area contributed by atoms with Gasteiger partial charge in [0.1, 0.15) is 5.01 Å². The van der Waals surface area contributed by atoms with Gasteiger partial charge in [-0.2, -0.15) is 0 Å². The number of nitrogens with one attached hydrogen (secondary N) is 2. The second-order valence-corrected chi connectivity index (χ2v) is 7.24. The Morgan fingerprint density at radius 1 is 1.35 bits per heavy atom. The number of carbonyl (C=O) groups is 1. The van der Waals surface area contributed by atoms with Crippen LogP contribution < -0.4 is 10.6 Å². The van der Waals surface area contributed by atoms with E-state index < -0.39 is 0 Å². The van der Waals surface area contributed by atoms with E-state index in [1.54, 1.807) is 12.1 Å². The van der Waals surface area contributed by atoms with Crippen LogP contribution in [0, 0.1) is 0 Å². The van der Waals surface area contributed by atoms with E-state index in [9.17, 15) is 4.79 Å². The van der Waals surface area contributed by atoms with Gasteiger partial charge in [0.2, 0.25) is 5.91 Å². The van der Waals surface area contributed by atoms with Gasteiger partial charge in [0.05, 0.1) is 17.1 Å². The third kappa shape index (κ3) is 4.44. The summed E-state index contributed by atoms with van der Waals surface area (Å²) in [7, 11) is 0. The molecular weight excluding hydrogens is 353 g/mol. The lowest BCUT2D eigenvalue weighted by molar-refractivity contribution is -0.121. The molecule has 0 atom stereocenters. The molecule has 1 aromatic heterocycles. The number of thiazole rings is 1. The molecule has 2 heterocycles. The van der Waals surface area contributed by atoms with Crippen molar-refractivity contribution in [1.29, 1.82) is 0 Å². The molecule has 1 aliphatic heterocycles. The molecule has 1 aliphatic rings. The normalized spacial score (nSPS) is 15.6. The van der Waals surface area contributed by atoms with Gasteiger partial charge in [-0.05, 0) is 44.1 Å². The van der Waals surface area contributed by atoms with Gasteiger partial charge in [-0.1, -0.05) is 23.2 Å². The fourth-order valence-electron chi connectivity index (χ4n) is 2.58. The molecule has 1 fully saturated rings. The summed E-state index contributed by atoms with van der Waals surface area (Å²) in [5.74, 6) is 0.0240. The Morgan fingerprint density at radius 3 is 2.87 bits per heavy atom. The number of rotatable bonds is 4. The lowest BCUT2D eigenvalue weighted by atomic mass is 10.1. The summed E-state index contributed by atoms with van der Waals surface area (Å²) in [6, 6.07) is 5.60. The third-order valence-corrected chi connectivity index (χ3v) is 5.23. The van der Waals surface area contributed by atoms with Crippen molar-refractivity contribution in [1.82, 2.24) is 15.6 Å². The van der Waals surface area contributed by atoms with Crippen LogP contribution in [0.4, 0.5) is 0 Å². The lowest BCUT2D eigenvalue weighted by Gasteiger charge is -2.23. The highest BCUT2D eigenvalue weighted by Crippen LogP contribution is 2.32. The van der Waals surface area contributed by atoms with Gasteiger partial charge in [0.25, 0.3) is 0 Å². The summed E-state index contributed by atoms with van der Waals surface area (Å²) < 4.78 is 0. The van der Waals surface area contributed by atoms with Crippen molar-refractivity contribution in [3.8, 4) is 10.6 Å². The number of amides is 1. The molecule has 4 nitrogen and oxygen atoms in total. The Bertz CT molecular complexity index is 698. The second kappa shape index (κ2) is 7.62. The first-order valence-corrected chi connectivity index (χ1v) is 9.15. The van der Waals surface area contributed by atoms with Gasteiger partial charge in [0, 0.05) is 22.0 Å². The van der Waals surface area contributed by atoms with E-state index in [4.69, 9.17) is 23.2 Å². The summed E-state index contributed by atoms with van der Waals surface area (Å²) in [4.78, 5) is 16.6. The maximum absolute atomic E-state index is 12.1. The number of benzene rings is 1. The SMILES string of the molecule is O=C(Cc1csc(-c2ccc(Cl)cc2Cl)n1)NC1CCNCC1. The topological polar surface area (TPSA) is 54.0 Å². The van der Waals surface area contributed by atoms with Gasteiger partial charge in [-0.25, -0.2) is 4.98 Å². The van der Waals surface area contributed by atoms with Crippen LogP contribution in [-0.2, 0) is 11.2 Å². The minimum atomic E-state index is 0.0240. The maximum Gasteiger partial charge on any atom is 0.226 e. The highest BCUT2D eigenvalue weighted by Gasteiger charge is 2.17. The molecule has 0 radical (unpaired) electrons. The van der Waals surface area contributed by atoms with E-state index >= 15 is 0 Å². The standard InChI is InChI=1S/C16H17Cl2N3OS/c17-10-1-2-13(14(18)7-10)16-21-12(9-23-16)8-15(22)20-11-3-5-19-6-4-11/h1-2,7,9,11,19H,3-6,8H2,(H,20,22). The van der Waals surface area contributed by atoms with Crippen molar-refractivity contribution in [2.24, 2.45) is 0 Å². The molecular formula is C16H17Cl2N3OS. The van der Waals surface area contributed by atoms with Gasteiger partial charge >= 0.3 is 0 Å². The van der Waals surface area contributed by atoms with Gasteiger partial charge in [-0.3, -0.25) is 4.79 Å². The van der Waals surface area contributed by atoms with E-state index in [-0.39, 0.29) is 11.9 Å². The molecule has 1 saturated heterocycles. The second-order valence-electron chi connectivity index (χ2n) is 5.54. The predicted molar refractivity (Wildman–Crippen MR) is 95.3 cm³/mol. The van der Waals surface area contributed by atoms with E-state index in [0.29, 0.717) is 16.5 Å². The average Bonchev–Trinajstić information content (AvgIpc) is 2.96. The number of halogens is 2. The first-order chi connectivity index (χ1) is 11.1. The summed E-state index contributed by atoms with van der Waals surface area (Å²) in [5.41, 5.74) is 1.61. The number of carbonyl (C=O) groups excluding carboxylic acids is 1. The molecule has 0 unspecified atom stereocenters. The Hall–Kier alpha value is -1.14. The van der Waals surface area contributed by atoms with Crippen LogP contribution in [0.3, 0.4) is 0 Å². The molecule has 23 heavy (non-hydrogen) atoms. The van der Waals surface area contributed by atoms with Crippen LogP contribution >= 0.6 is 34.5 Å². The van der Waals surface area contributed by atoms with E-state index in [1.807, 2.05) is 11.4 Å². The summed E-state index contributed by atoms with van der Waals surface area (Å²) in [5, 5.41) is 10.2. The number of aromatic nitrogens is 1. The Morgan fingerprint density at radius 2 is 2.13 bits per heavy atom. The highest BCUT2D eigenvalue weighted by molar-refractivity contribution is 7.13. The molecule has 3 rings (SSSR count). The van der Waals surface area contributed by atoms with Crippen molar-refractivity contribution < 1.29 is 4.79 Å². The molecule has 0 saturated carbocycles. The van der Waals surface area contributed by atoms with Crippen molar-refractivity contribution in [3.63, 3.8) is 0 Å². The van der Waals surface area contributed by atoms with Gasteiger partial charge in [0.15, 0.2) is 0 Å². The van der Waals surface area contributed by atoms with Crippen molar-refractivity contribution >= 4 is 40.4 Å². The number of nitrogens with zero attached hydrogens (tertiary/aromatic N) is 1. The summed E-state index contributed by atoms with van der Waals surface area (Å²) >= 11 is 13.6. The Labute approximate surface area is 149 Å². The largest absolute Gasteiger partial charge is 0.353 e. The Kier molecular flexibility index (Phi) is 5.54. The molecule has 2 aromatic rings. The Balaban J connectivity index is 1.63. The quantitative estimate of drug-likeness (QED) is 0.866. The molecule has 0 spiro atoms. The van der Waals surface area contributed by atoms with Crippen LogP contribution in [0.5, 0.6) is 0 Å². The van der Waals surface area contributed by atoms with E-state index in [0.717, 1.165) is 42.2 Å². The molecule has 122 valence electrons. The molecule has 1 amide bonds. The van der Waals surface area contributed by atoms with Crippen LogP contribution in [0.1, 0.15) is 18.5 Å². The molecule has 0 aliphatic carbocycles. The third-order valence-electron chi connectivity index (χ3n) is 3.76. The number of piperidine rings is 1. The van der Waals surface area contributed by atoms with Crippen LogP contribution in [0.15, 0.2) is 23.6 Å². The zero-order chi connectivity index (χ0) is 16.2. The zero-order valence-corrected chi connectivity index (χ0v) is 14.8. The maximum atomic E-state index is 12.1. The smallest absolute Gasteiger partial charge is 0.226 e. The van der Waals surface area contributed by atoms with Crippen LogP contribution in [0.25, 0.3) is 10.6 Å². The van der Waals surface area contributed by atoms with Crippen molar-refractivity contribution in [3.05, 3.63) is 39.3 Å².